The van der Waals surface area contributed by atoms with E-state index in [0.717, 1.165) is 0 Å². The van der Waals surface area contributed by atoms with Gasteiger partial charge < -0.3 is 5.73 Å². The quantitative estimate of drug-likeness (QED) is 0.456. The molecule has 5 heavy (non-hydrogen) atoms. The fourth-order valence-corrected chi connectivity index (χ4v) is 0. The minimum atomic E-state index is -1.12. The molecule has 0 saturated heterocycles. The second-order valence-electron chi connectivity index (χ2n) is 0.924. The highest BCUT2D eigenvalue weighted by molar-refractivity contribution is 4.32. The van der Waals surface area contributed by atoms with Gasteiger partial charge in [0.25, 0.3) is 0 Å². The standard InChI is InChI=1S/C3H8FN/c1-2-3(4)5/h3H,2,5H2,1H3/i4-1. The highest BCUT2D eigenvalue weighted by Crippen LogP contribution is 1.81. The van der Waals surface area contributed by atoms with E-state index >= 15 is 0 Å². The molecule has 2 heteroatoms. The molecule has 0 bridgehead atoms. The second-order valence-corrected chi connectivity index (χ2v) is 0.924. The molecule has 0 aliphatic rings. The predicted molar refractivity (Wildman–Crippen MR) is 19.4 cm³/mol. The van der Waals surface area contributed by atoms with E-state index in [4.69, 9.17) is 0 Å². The van der Waals surface area contributed by atoms with E-state index in [0.29, 0.717) is 6.42 Å². The summed E-state index contributed by atoms with van der Waals surface area (Å²) in [6.07, 6.45) is -0.699. The summed E-state index contributed by atoms with van der Waals surface area (Å²) < 4.78 is 11.2. The van der Waals surface area contributed by atoms with Crippen LogP contribution < -0.4 is 5.73 Å². The maximum atomic E-state index is 11.2. The first-order valence-electron chi connectivity index (χ1n) is 1.67. The van der Waals surface area contributed by atoms with Crippen LogP contribution in [0.1, 0.15) is 13.3 Å². The van der Waals surface area contributed by atoms with Crippen LogP contribution in [0, 0.1) is 0 Å². The summed E-state index contributed by atoms with van der Waals surface area (Å²) >= 11 is 0. The molecular weight excluding hydrogens is 68.0 g/mol. The van der Waals surface area contributed by atoms with Gasteiger partial charge in [-0.05, 0) is 6.42 Å². The molecule has 1 unspecified atom stereocenters. The van der Waals surface area contributed by atoms with E-state index in [1.54, 1.807) is 6.92 Å². The largest absolute Gasteiger partial charge is 0.302 e. The predicted octanol–water partition coefficient (Wildman–Crippen LogP) is 0.651. The third-order valence-corrected chi connectivity index (χ3v) is 0.390. The molecule has 0 fully saturated rings. The lowest BCUT2D eigenvalue weighted by atomic mass is 10.5. The Labute approximate surface area is 31.0 Å². The maximum Gasteiger partial charge on any atom is 0.148 e. The molecule has 0 saturated carbocycles. The molecule has 0 rings (SSSR count). The molecule has 0 aliphatic heterocycles. The monoisotopic (exact) mass is 76.1 g/mol. The highest BCUT2D eigenvalue weighted by atomic mass is 18.2. The molecule has 0 aromatic heterocycles. The SMILES string of the molecule is CCC(N)[18F]. The van der Waals surface area contributed by atoms with Crippen LogP contribution in [0.25, 0.3) is 0 Å². The molecular formula is C3H8FN. The average Bonchev–Trinajstić information content (AvgIpc) is 1.38. The Balaban J connectivity index is 2.54. The highest BCUT2D eigenvalue weighted by Gasteiger charge is 1.85. The van der Waals surface area contributed by atoms with Crippen molar-refractivity contribution in [3.8, 4) is 0 Å². The van der Waals surface area contributed by atoms with E-state index in [1.807, 2.05) is 0 Å². The molecule has 0 amide bonds. The number of nitrogens with two attached hydrogens (primary N) is 1. The molecule has 2 N–H and O–H groups in total. The van der Waals surface area contributed by atoms with Gasteiger partial charge in [0, 0.05) is 0 Å². The summed E-state index contributed by atoms with van der Waals surface area (Å²) in [5.74, 6) is 0. The van der Waals surface area contributed by atoms with Crippen LogP contribution in [-0.2, 0) is 0 Å². The Morgan fingerprint density at radius 2 is 2.20 bits per heavy atom. The summed E-state index contributed by atoms with van der Waals surface area (Å²) in [5.41, 5.74) is 4.62. The Morgan fingerprint density at radius 3 is 2.20 bits per heavy atom. The molecule has 1 nitrogen and oxygen atoms in total. The minimum absolute atomic E-state index is 0.417. The third kappa shape index (κ3) is 3.89. The number of rotatable bonds is 1. The number of hydrogen-bond acceptors (Lipinski definition) is 1. The smallest absolute Gasteiger partial charge is 0.148 e. The van der Waals surface area contributed by atoms with E-state index in [9.17, 15) is 4.39 Å². The van der Waals surface area contributed by atoms with Gasteiger partial charge in [-0.3, -0.25) is 0 Å². The van der Waals surface area contributed by atoms with Crippen molar-refractivity contribution in [1.82, 2.24) is 0 Å². The average molecular weight is 76.1 g/mol. The molecule has 0 radical (unpaired) electrons. The van der Waals surface area contributed by atoms with Crippen molar-refractivity contribution in [2.75, 3.05) is 0 Å². The molecule has 1 atom stereocenters. The first-order valence-corrected chi connectivity index (χ1v) is 1.67. The minimum Gasteiger partial charge on any atom is -0.302 e. The normalized spacial score (nSPS) is 15.0. The first kappa shape index (κ1) is 4.89. The zero-order chi connectivity index (χ0) is 4.28. The van der Waals surface area contributed by atoms with Crippen molar-refractivity contribution in [3.63, 3.8) is 0 Å². The van der Waals surface area contributed by atoms with E-state index in [-0.39, 0.29) is 0 Å². The first-order chi connectivity index (χ1) is 2.27. The van der Waals surface area contributed by atoms with E-state index in [2.05, 4.69) is 5.73 Å². The van der Waals surface area contributed by atoms with E-state index < -0.39 is 6.30 Å². The van der Waals surface area contributed by atoms with Crippen LogP contribution in [0.5, 0.6) is 0 Å². The molecule has 0 aromatic carbocycles. The van der Waals surface area contributed by atoms with Gasteiger partial charge in [-0.2, -0.15) is 0 Å². The Morgan fingerprint density at radius 1 is 2.00 bits per heavy atom. The fourth-order valence-electron chi connectivity index (χ4n) is 0. The molecule has 0 heterocycles. The van der Waals surface area contributed by atoms with E-state index in [1.165, 1.54) is 0 Å². The molecule has 0 spiro atoms. The Hall–Kier alpha value is -0.110. The summed E-state index contributed by atoms with van der Waals surface area (Å²) in [5, 5.41) is 0. The van der Waals surface area contributed by atoms with Gasteiger partial charge in [0.1, 0.15) is 6.30 Å². The van der Waals surface area contributed by atoms with Crippen LogP contribution in [-0.4, -0.2) is 6.30 Å². The lowest BCUT2D eigenvalue weighted by molar-refractivity contribution is 0.335. The van der Waals surface area contributed by atoms with Gasteiger partial charge in [-0.25, -0.2) is 4.39 Å². The van der Waals surface area contributed by atoms with Gasteiger partial charge in [-0.15, -0.1) is 0 Å². The molecule has 0 aliphatic carbocycles. The van der Waals surface area contributed by atoms with Crippen LogP contribution in [0.15, 0.2) is 0 Å². The fraction of sp³-hybridized carbons (Fsp3) is 1.00. The molecule has 0 aromatic rings. The second kappa shape index (κ2) is 2.15. The summed E-state index contributed by atoms with van der Waals surface area (Å²) in [6, 6.07) is 0. The van der Waals surface area contributed by atoms with Gasteiger partial charge in [0.15, 0.2) is 0 Å². The summed E-state index contributed by atoms with van der Waals surface area (Å²) in [7, 11) is 0. The summed E-state index contributed by atoms with van der Waals surface area (Å²) in [4.78, 5) is 0. The van der Waals surface area contributed by atoms with Crippen molar-refractivity contribution in [2.24, 2.45) is 5.73 Å². The van der Waals surface area contributed by atoms with Crippen LogP contribution in [0.3, 0.4) is 0 Å². The summed E-state index contributed by atoms with van der Waals surface area (Å²) in [6.45, 7) is 1.70. The topological polar surface area (TPSA) is 26.0 Å². The number of alkyl halides is 1. The third-order valence-electron chi connectivity index (χ3n) is 0.390. The number of hydrogen-bond donors (Lipinski definition) is 1. The zero-order valence-corrected chi connectivity index (χ0v) is 3.24. The van der Waals surface area contributed by atoms with Gasteiger partial charge in [0.2, 0.25) is 0 Å². The van der Waals surface area contributed by atoms with Gasteiger partial charge >= 0.3 is 0 Å². The van der Waals surface area contributed by atoms with Crippen molar-refractivity contribution >= 4 is 0 Å². The zero-order valence-electron chi connectivity index (χ0n) is 3.24. The van der Waals surface area contributed by atoms with Crippen LogP contribution in [0.2, 0.25) is 0 Å². The van der Waals surface area contributed by atoms with Gasteiger partial charge in [0.05, 0.1) is 0 Å². The Kier molecular flexibility index (Phi) is 2.10. The Bertz CT molecular complexity index is 20.9. The van der Waals surface area contributed by atoms with Crippen molar-refractivity contribution in [1.29, 1.82) is 0 Å². The maximum absolute atomic E-state index is 11.2. The van der Waals surface area contributed by atoms with Gasteiger partial charge in [-0.1, -0.05) is 6.92 Å². The molecule has 32 valence electrons. The van der Waals surface area contributed by atoms with Crippen LogP contribution in [0.4, 0.5) is 4.39 Å². The van der Waals surface area contributed by atoms with Crippen molar-refractivity contribution < 1.29 is 4.39 Å². The lowest BCUT2D eigenvalue weighted by Gasteiger charge is -1.87. The lowest BCUT2D eigenvalue weighted by Crippen LogP contribution is -2.09. The van der Waals surface area contributed by atoms with Crippen molar-refractivity contribution in [2.45, 2.75) is 19.6 Å². The van der Waals surface area contributed by atoms with Crippen molar-refractivity contribution in [3.05, 3.63) is 0 Å². The number of halogens is 1. The van der Waals surface area contributed by atoms with Crippen LogP contribution >= 0.6 is 0 Å².